The summed E-state index contributed by atoms with van der Waals surface area (Å²) in [6, 6.07) is 0.892. The van der Waals surface area contributed by atoms with Gasteiger partial charge in [-0.1, -0.05) is 32.6 Å². The summed E-state index contributed by atoms with van der Waals surface area (Å²) < 4.78 is 0. The molecule has 0 aromatic heterocycles. The van der Waals surface area contributed by atoms with Crippen LogP contribution in [-0.2, 0) is 4.79 Å². The van der Waals surface area contributed by atoms with Crippen LogP contribution < -0.4 is 5.32 Å². The number of amides is 1. The fraction of sp³-hybridized carbons (Fsp3) is 0.938. The number of hydrogen-bond acceptors (Lipinski definition) is 2. The minimum Gasteiger partial charge on any atom is -0.343 e. The van der Waals surface area contributed by atoms with Crippen molar-refractivity contribution in [3.8, 4) is 0 Å². The number of carbonyl (C=O) groups is 1. The number of hydrogen-bond donors (Lipinski definition) is 1. The number of rotatable bonds is 3. The molecule has 2 unspecified atom stereocenters. The van der Waals surface area contributed by atoms with Crippen LogP contribution in [0.1, 0.15) is 64.7 Å². The zero-order valence-electron chi connectivity index (χ0n) is 12.7. The van der Waals surface area contributed by atoms with Crippen molar-refractivity contribution in [1.82, 2.24) is 10.2 Å². The Hall–Kier alpha value is -0.570. The van der Waals surface area contributed by atoms with Gasteiger partial charge in [0, 0.05) is 25.6 Å². The third-order valence-electron chi connectivity index (χ3n) is 5.09. The van der Waals surface area contributed by atoms with Gasteiger partial charge in [0.05, 0.1) is 0 Å². The first-order valence-corrected chi connectivity index (χ1v) is 8.17. The molecule has 0 radical (unpaired) electrons. The molecule has 0 aromatic carbocycles. The Kier molecular flexibility index (Phi) is 5.68. The van der Waals surface area contributed by atoms with E-state index in [1.54, 1.807) is 0 Å². The second-order valence-electron chi connectivity index (χ2n) is 6.53. The van der Waals surface area contributed by atoms with E-state index >= 15 is 0 Å². The molecule has 3 nitrogen and oxygen atoms in total. The largest absolute Gasteiger partial charge is 0.343 e. The molecule has 1 amide bonds. The van der Waals surface area contributed by atoms with Crippen molar-refractivity contribution in [1.29, 1.82) is 0 Å². The highest BCUT2D eigenvalue weighted by Crippen LogP contribution is 2.23. The summed E-state index contributed by atoms with van der Waals surface area (Å²) in [7, 11) is 2.02. The van der Waals surface area contributed by atoms with Crippen LogP contribution in [0.25, 0.3) is 0 Å². The number of carbonyl (C=O) groups excluding carboxylic acids is 1. The summed E-state index contributed by atoms with van der Waals surface area (Å²) in [5.74, 6) is 0.985. The van der Waals surface area contributed by atoms with Gasteiger partial charge >= 0.3 is 0 Å². The van der Waals surface area contributed by atoms with Gasteiger partial charge in [0.15, 0.2) is 0 Å². The van der Waals surface area contributed by atoms with Crippen molar-refractivity contribution in [2.24, 2.45) is 5.92 Å². The molecule has 1 saturated carbocycles. The molecule has 1 aliphatic carbocycles. The SMILES string of the molecule is CC1CCCNC1CC(=O)N(C)C1CCCCCC1. The van der Waals surface area contributed by atoms with E-state index in [1.165, 1.54) is 51.4 Å². The van der Waals surface area contributed by atoms with E-state index in [0.717, 1.165) is 6.54 Å². The predicted molar refractivity (Wildman–Crippen MR) is 79.1 cm³/mol. The van der Waals surface area contributed by atoms with E-state index in [-0.39, 0.29) is 0 Å². The minimum absolute atomic E-state index is 0.346. The Morgan fingerprint density at radius 1 is 1.11 bits per heavy atom. The minimum atomic E-state index is 0.346. The van der Waals surface area contributed by atoms with Crippen LogP contribution in [0.15, 0.2) is 0 Å². The molecule has 2 fully saturated rings. The van der Waals surface area contributed by atoms with Crippen LogP contribution in [0.5, 0.6) is 0 Å². The van der Waals surface area contributed by atoms with Crippen molar-refractivity contribution in [3.63, 3.8) is 0 Å². The van der Waals surface area contributed by atoms with E-state index < -0.39 is 0 Å². The van der Waals surface area contributed by atoms with Crippen LogP contribution in [0, 0.1) is 5.92 Å². The summed E-state index contributed by atoms with van der Waals surface area (Å²) >= 11 is 0. The Morgan fingerprint density at radius 2 is 1.79 bits per heavy atom. The quantitative estimate of drug-likeness (QED) is 0.797. The molecule has 1 aliphatic heterocycles. The maximum absolute atomic E-state index is 12.5. The molecule has 0 aromatic rings. The van der Waals surface area contributed by atoms with E-state index in [1.807, 2.05) is 11.9 Å². The molecule has 19 heavy (non-hydrogen) atoms. The van der Waals surface area contributed by atoms with Crippen molar-refractivity contribution >= 4 is 5.91 Å². The van der Waals surface area contributed by atoms with Gasteiger partial charge in [0.2, 0.25) is 5.91 Å². The first-order chi connectivity index (χ1) is 9.18. The first-order valence-electron chi connectivity index (χ1n) is 8.17. The average molecular weight is 266 g/mol. The Bertz CT molecular complexity index is 284. The number of piperidine rings is 1. The van der Waals surface area contributed by atoms with Gasteiger partial charge in [-0.25, -0.2) is 0 Å². The maximum Gasteiger partial charge on any atom is 0.224 e. The molecule has 1 heterocycles. The standard InChI is InChI=1S/C16H30N2O/c1-13-8-7-11-17-15(13)12-16(19)18(2)14-9-5-3-4-6-10-14/h13-15,17H,3-12H2,1-2H3. The van der Waals surface area contributed by atoms with Gasteiger partial charge in [0.1, 0.15) is 0 Å². The lowest BCUT2D eigenvalue weighted by Gasteiger charge is -2.33. The lowest BCUT2D eigenvalue weighted by Crippen LogP contribution is -2.45. The molecule has 0 bridgehead atoms. The summed E-state index contributed by atoms with van der Waals surface area (Å²) in [5, 5.41) is 3.52. The molecule has 1 N–H and O–H groups in total. The van der Waals surface area contributed by atoms with Crippen molar-refractivity contribution in [3.05, 3.63) is 0 Å². The van der Waals surface area contributed by atoms with E-state index in [4.69, 9.17) is 0 Å². The topological polar surface area (TPSA) is 32.3 Å². The second kappa shape index (κ2) is 7.28. The third-order valence-corrected chi connectivity index (χ3v) is 5.09. The predicted octanol–water partition coefficient (Wildman–Crippen LogP) is 2.95. The Labute approximate surface area is 118 Å². The van der Waals surface area contributed by atoms with Gasteiger partial charge < -0.3 is 10.2 Å². The molecule has 2 atom stereocenters. The molecular weight excluding hydrogens is 236 g/mol. The van der Waals surface area contributed by atoms with Crippen LogP contribution >= 0.6 is 0 Å². The number of nitrogens with one attached hydrogen (secondary N) is 1. The van der Waals surface area contributed by atoms with Crippen LogP contribution in [0.2, 0.25) is 0 Å². The smallest absolute Gasteiger partial charge is 0.224 e. The lowest BCUT2D eigenvalue weighted by atomic mass is 9.90. The Balaban J connectivity index is 1.83. The number of nitrogens with zero attached hydrogens (tertiary/aromatic N) is 1. The highest BCUT2D eigenvalue weighted by Gasteiger charge is 2.27. The summed E-state index contributed by atoms with van der Waals surface area (Å²) in [5.41, 5.74) is 0. The monoisotopic (exact) mass is 266 g/mol. The molecule has 2 rings (SSSR count). The van der Waals surface area contributed by atoms with Gasteiger partial charge in [0.25, 0.3) is 0 Å². The van der Waals surface area contributed by atoms with Gasteiger partial charge in [-0.2, -0.15) is 0 Å². The molecule has 3 heteroatoms. The van der Waals surface area contributed by atoms with Crippen molar-refractivity contribution < 1.29 is 4.79 Å². The van der Waals surface area contributed by atoms with Crippen LogP contribution in [0.3, 0.4) is 0 Å². The van der Waals surface area contributed by atoms with Crippen molar-refractivity contribution in [2.75, 3.05) is 13.6 Å². The maximum atomic E-state index is 12.5. The highest BCUT2D eigenvalue weighted by atomic mass is 16.2. The zero-order valence-corrected chi connectivity index (χ0v) is 12.7. The molecule has 2 aliphatic rings. The Morgan fingerprint density at radius 3 is 2.42 bits per heavy atom. The lowest BCUT2D eigenvalue weighted by molar-refractivity contribution is -0.133. The first kappa shape index (κ1) is 14.8. The van der Waals surface area contributed by atoms with Gasteiger partial charge in [-0.15, -0.1) is 0 Å². The van der Waals surface area contributed by atoms with Gasteiger partial charge in [-0.05, 0) is 38.1 Å². The van der Waals surface area contributed by atoms with E-state index in [9.17, 15) is 4.79 Å². The fourth-order valence-electron chi connectivity index (χ4n) is 3.57. The molecule has 0 spiro atoms. The van der Waals surface area contributed by atoms with Crippen molar-refractivity contribution in [2.45, 2.75) is 76.8 Å². The highest BCUT2D eigenvalue weighted by molar-refractivity contribution is 5.77. The molecular formula is C16H30N2O. The third kappa shape index (κ3) is 4.20. The van der Waals surface area contributed by atoms with E-state index in [0.29, 0.717) is 30.3 Å². The average Bonchev–Trinajstić information content (AvgIpc) is 2.69. The summed E-state index contributed by atoms with van der Waals surface area (Å²) in [6.45, 7) is 3.35. The molecule has 1 saturated heterocycles. The van der Waals surface area contributed by atoms with E-state index in [2.05, 4.69) is 12.2 Å². The zero-order chi connectivity index (χ0) is 13.7. The van der Waals surface area contributed by atoms with Crippen LogP contribution in [-0.4, -0.2) is 36.5 Å². The molecule has 110 valence electrons. The summed E-state index contributed by atoms with van der Waals surface area (Å²) in [4.78, 5) is 14.5. The second-order valence-corrected chi connectivity index (χ2v) is 6.53. The summed E-state index contributed by atoms with van der Waals surface area (Å²) in [6.07, 6.45) is 10.9. The normalized spacial score (nSPS) is 29.8. The fourth-order valence-corrected chi connectivity index (χ4v) is 3.57. The van der Waals surface area contributed by atoms with Crippen LogP contribution in [0.4, 0.5) is 0 Å². The van der Waals surface area contributed by atoms with Gasteiger partial charge in [-0.3, -0.25) is 4.79 Å².